The molecule has 0 aliphatic carbocycles. The first-order chi connectivity index (χ1) is 15.2. The van der Waals surface area contributed by atoms with Crippen molar-refractivity contribution in [2.75, 3.05) is 6.61 Å². The number of halogens is 10. The smallest absolute Gasteiger partial charge is 0.387 e. The molecule has 0 saturated carbocycles. The van der Waals surface area contributed by atoms with Gasteiger partial charge in [0, 0.05) is 10.6 Å². The van der Waals surface area contributed by atoms with Crippen molar-refractivity contribution >= 4 is 17.3 Å². The van der Waals surface area contributed by atoms with Crippen LogP contribution >= 0.6 is 11.6 Å². The first kappa shape index (κ1) is 23.7. The predicted molar refractivity (Wildman–Crippen MR) is 96.3 cm³/mol. The number of fused-ring (bicyclic) bond motifs is 1. The number of rotatable bonds is 2. The van der Waals surface area contributed by atoms with Crippen LogP contribution in [0.25, 0.3) is 0 Å². The molecule has 2 aliphatic rings. The van der Waals surface area contributed by atoms with Crippen molar-refractivity contribution in [1.29, 1.82) is 0 Å². The molecule has 3 atom stereocenters. The van der Waals surface area contributed by atoms with Crippen LogP contribution < -0.4 is 0 Å². The van der Waals surface area contributed by atoms with Crippen LogP contribution in [0.4, 0.5) is 39.5 Å². The fourth-order valence-corrected chi connectivity index (χ4v) is 3.94. The molecule has 2 aromatic rings. The van der Waals surface area contributed by atoms with Gasteiger partial charge in [-0.05, 0) is 42.0 Å². The van der Waals surface area contributed by atoms with Gasteiger partial charge in [0.05, 0.1) is 29.2 Å². The Balaban J connectivity index is 1.69. The highest BCUT2D eigenvalue weighted by molar-refractivity contribution is 6.31. The minimum absolute atomic E-state index is 0.0173. The lowest BCUT2D eigenvalue weighted by Crippen LogP contribution is -2.19. The van der Waals surface area contributed by atoms with E-state index in [0.717, 1.165) is 18.2 Å². The molecular formula is C20H11ClF9NO2. The van der Waals surface area contributed by atoms with Crippen molar-refractivity contribution < 1.29 is 49.1 Å². The second kappa shape index (κ2) is 7.79. The minimum Gasteiger partial charge on any atom is -0.387 e. The van der Waals surface area contributed by atoms with Gasteiger partial charge in [-0.25, -0.2) is 0 Å². The molecular weight excluding hydrogens is 493 g/mol. The van der Waals surface area contributed by atoms with Crippen LogP contribution in [0.3, 0.4) is 0 Å². The van der Waals surface area contributed by atoms with Gasteiger partial charge in [-0.1, -0.05) is 16.8 Å². The Morgan fingerprint density at radius 3 is 1.91 bits per heavy atom. The molecule has 178 valence electrons. The van der Waals surface area contributed by atoms with Gasteiger partial charge in [0.1, 0.15) is 11.8 Å². The van der Waals surface area contributed by atoms with E-state index in [1.54, 1.807) is 0 Å². The summed E-state index contributed by atoms with van der Waals surface area (Å²) in [5.74, 6) is -0.926. The monoisotopic (exact) mass is 503 g/mol. The molecule has 2 aromatic carbocycles. The molecule has 0 amide bonds. The van der Waals surface area contributed by atoms with Gasteiger partial charge in [0.15, 0.2) is 6.10 Å². The quantitative estimate of drug-likeness (QED) is 0.405. The summed E-state index contributed by atoms with van der Waals surface area (Å²) < 4.78 is 124. The zero-order valence-corrected chi connectivity index (χ0v) is 16.7. The standard InChI is InChI=1S/C20H11ClF9NO2/c21-14-2-1-9(18(22,23)24)6-12(14)17-15-13(7-32-17)16(33-31-15)8-3-10(19(25,26)27)5-11(4-8)20(28,29)30/h1-6,13,16-17H,7H2. The lowest BCUT2D eigenvalue weighted by atomic mass is 9.89. The van der Waals surface area contributed by atoms with E-state index in [-0.39, 0.29) is 29.0 Å². The Hall–Kier alpha value is -2.47. The van der Waals surface area contributed by atoms with Crippen LogP contribution in [0.5, 0.6) is 0 Å². The number of oxime groups is 1. The largest absolute Gasteiger partial charge is 0.416 e. The van der Waals surface area contributed by atoms with Crippen molar-refractivity contribution in [2.45, 2.75) is 30.7 Å². The van der Waals surface area contributed by atoms with Crippen LogP contribution in [0.15, 0.2) is 41.6 Å². The van der Waals surface area contributed by atoms with Gasteiger partial charge < -0.3 is 9.57 Å². The third-order valence-corrected chi connectivity index (χ3v) is 5.62. The molecule has 13 heteroatoms. The normalized spacial score (nSPS) is 23.3. The fraction of sp³-hybridized carbons (Fsp3) is 0.350. The summed E-state index contributed by atoms with van der Waals surface area (Å²) in [4.78, 5) is 5.14. The lowest BCUT2D eigenvalue weighted by molar-refractivity contribution is -0.143. The maximum absolute atomic E-state index is 13.2. The Bertz CT molecular complexity index is 1080. The number of ether oxygens (including phenoxy) is 1. The van der Waals surface area contributed by atoms with E-state index in [9.17, 15) is 39.5 Å². The maximum atomic E-state index is 13.2. The molecule has 0 aromatic heterocycles. The summed E-state index contributed by atoms with van der Waals surface area (Å²) in [6, 6.07) is 3.53. The highest BCUT2D eigenvalue weighted by atomic mass is 35.5. The maximum Gasteiger partial charge on any atom is 0.416 e. The van der Waals surface area contributed by atoms with Crippen LogP contribution in [0.2, 0.25) is 5.02 Å². The molecule has 33 heavy (non-hydrogen) atoms. The molecule has 2 heterocycles. The first-order valence-electron chi connectivity index (χ1n) is 9.17. The SMILES string of the molecule is FC(F)(F)c1cc(C2ON=C3C(c4cc(C(F)(F)F)ccc4Cl)OCC32)cc(C(F)(F)F)c1. The third kappa shape index (κ3) is 4.50. The van der Waals surface area contributed by atoms with E-state index in [2.05, 4.69) is 5.16 Å². The molecule has 3 unspecified atom stereocenters. The van der Waals surface area contributed by atoms with Gasteiger partial charge in [-0.15, -0.1) is 0 Å². The van der Waals surface area contributed by atoms with Crippen molar-refractivity contribution in [3.05, 3.63) is 69.2 Å². The van der Waals surface area contributed by atoms with Gasteiger partial charge in [-0.3, -0.25) is 0 Å². The van der Waals surface area contributed by atoms with Crippen molar-refractivity contribution in [2.24, 2.45) is 11.1 Å². The van der Waals surface area contributed by atoms with E-state index in [0.29, 0.717) is 12.1 Å². The van der Waals surface area contributed by atoms with E-state index in [4.69, 9.17) is 21.2 Å². The molecule has 1 saturated heterocycles. The van der Waals surface area contributed by atoms with Gasteiger partial charge in [-0.2, -0.15) is 39.5 Å². The highest BCUT2D eigenvalue weighted by Crippen LogP contribution is 2.47. The van der Waals surface area contributed by atoms with Crippen molar-refractivity contribution in [1.82, 2.24) is 0 Å². The first-order valence-corrected chi connectivity index (χ1v) is 9.55. The Morgan fingerprint density at radius 2 is 1.36 bits per heavy atom. The van der Waals surface area contributed by atoms with Crippen molar-refractivity contribution in [3.8, 4) is 0 Å². The number of alkyl halides is 9. The average Bonchev–Trinajstić information content (AvgIpc) is 3.28. The summed E-state index contributed by atoms with van der Waals surface area (Å²) >= 11 is 6.02. The molecule has 2 aliphatic heterocycles. The van der Waals surface area contributed by atoms with E-state index < -0.39 is 58.9 Å². The number of hydrogen-bond donors (Lipinski definition) is 0. The Kier molecular flexibility index (Phi) is 5.59. The minimum atomic E-state index is -5.06. The number of hydrogen-bond acceptors (Lipinski definition) is 3. The molecule has 4 rings (SSSR count). The topological polar surface area (TPSA) is 30.8 Å². The van der Waals surface area contributed by atoms with Crippen LogP contribution in [0, 0.1) is 5.92 Å². The number of nitrogens with zero attached hydrogens (tertiary/aromatic N) is 1. The zero-order chi connectivity index (χ0) is 24.3. The third-order valence-electron chi connectivity index (χ3n) is 5.27. The van der Waals surface area contributed by atoms with Crippen LogP contribution in [-0.4, -0.2) is 12.3 Å². The molecule has 3 nitrogen and oxygen atoms in total. The molecule has 1 fully saturated rings. The van der Waals surface area contributed by atoms with Crippen molar-refractivity contribution in [3.63, 3.8) is 0 Å². The predicted octanol–water partition coefficient (Wildman–Crippen LogP) is 7.21. The highest BCUT2D eigenvalue weighted by Gasteiger charge is 2.48. The fourth-order valence-electron chi connectivity index (χ4n) is 3.72. The summed E-state index contributed by atoms with van der Waals surface area (Å²) in [7, 11) is 0. The van der Waals surface area contributed by atoms with E-state index >= 15 is 0 Å². The van der Waals surface area contributed by atoms with Gasteiger partial charge in [0.2, 0.25) is 0 Å². The molecule has 0 N–H and O–H groups in total. The van der Waals surface area contributed by atoms with Crippen LogP contribution in [0.1, 0.15) is 40.0 Å². The summed E-state index contributed by atoms with van der Waals surface area (Å²) in [6.07, 6.45) is -17.4. The van der Waals surface area contributed by atoms with E-state index in [1.165, 1.54) is 0 Å². The summed E-state index contributed by atoms with van der Waals surface area (Å²) in [5.41, 5.74) is -4.59. The Morgan fingerprint density at radius 1 is 0.788 bits per heavy atom. The molecule has 0 spiro atoms. The average molecular weight is 504 g/mol. The number of benzene rings is 2. The summed E-state index contributed by atoms with van der Waals surface area (Å²) in [6.45, 7) is -0.266. The molecule has 0 bridgehead atoms. The van der Waals surface area contributed by atoms with Crippen LogP contribution in [-0.2, 0) is 28.1 Å². The Labute approximate surface area is 184 Å². The van der Waals surface area contributed by atoms with Gasteiger partial charge >= 0.3 is 18.5 Å². The summed E-state index contributed by atoms with van der Waals surface area (Å²) in [5, 5.41) is 3.63. The lowest BCUT2D eigenvalue weighted by Gasteiger charge is -2.19. The van der Waals surface area contributed by atoms with E-state index in [1.807, 2.05) is 0 Å². The second-order valence-electron chi connectivity index (χ2n) is 7.44. The molecule has 0 radical (unpaired) electrons. The second-order valence-corrected chi connectivity index (χ2v) is 7.84. The zero-order valence-electron chi connectivity index (χ0n) is 15.9. The van der Waals surface area contributed by atoms with Gasteiger partial charge in [0.25, 0.3) is 0 Å².